The Hall–Kier alpha value is -0.930. The highest BCUT2D eigenvalue weighted by Crippen LogP contribution is 2.25. The first-order valence-electron chi connectivity index (χ1n) is 4.99. The first-order chi connectivity index (χ1) is 7.54. The van der Waals surface area contributed by atoms with Crippen LogP contribution in [0.1, 0.15) is 19.8 Å². The summed E-state index contributed by atoms with van der Waals surface area (Å²) in [6.07, 6.45) is 1.36. The van der Waals surface area contributed by atoms with Gasteiger partial charge in [0, 0.05) is 5.69 Å². The predicted molar refractivity (Wildman–Crippen MR) is 66.4 cm³/mol. The van der Waals surface area contributed by atoms with Gasteiger partial charge >= 0.3 is 5.97 Å². The second-order valence-corrected chi connectivity index (χ2v) is 4.27. The second kappa shape index (κ2) is 5.97. The zero-order valence-corrected chi connectivity index (χ0v) is 10.3. The molecule has 1 atom stereocenters. The maximum absolute atomic E-state index is 10.9. The molecule has 0 bridgehead atoms. The van der Waals surface area contributed by atoms with Crippen LogP contribution in [-0.2, 0) is 4.79 Å². The summed E-state index contributed by atoms with van der Waals surface area (Å²) in [7, 11) is 0. The molecule has 5 heteroatoms. The topological polar surface area (TPSA) is 49.3 Å². The lowest BCUT2D eigenvalue weighted by Crippen LogP contribution is -2.28. The average molecular weight is 262 g/mol. The molecule has 2 N–H and O–H groups in total. The number of benzene rings is 1. The van der Waals surface area contributed by atoms with Crippen LogP contribution in [-0.4, -0.2) is 17.1 Å². The zero-order valence-electron chi connectivity index (χ0n) is 8.84. The van der Waals surface area contributed by atoms with E-state index in [1.807, 2.05) is 6.92 Å². The van der Waals surface area contributed by atoms with Gasteiger partial charge in [-0.05, 0) is 24.6 Å². The monoisotopic (exact) mass is 261 g/mol. The quantitative estimate of drug-likeness (QED) is 0.851. The van der Waals surface area contributed by atoms with Crippen molar-refractivity contribution >= 4 is 34.9 Å². The number of hydrogen-bond acceptors (Lipinski definition) is 2. The van der Waals surface area contributed by atoms with Crippen LogP contribution < -0.4 is 5.32 Å². The third-order valence-corrected chi connectivity index (χ3v) is 2.87. The van der Waals surface area contributed by atoms with E-state index in [1.165, 1.54) is 0 Å². The van der Waals surface area contributed by atoms with E-state index in [0.717, 1.165) is 6.42 Å². The van der Waals surface area contributed by atoms with E-state index in [9.17, 15) is 4.79 Å². The Kier molecular flexibility index (Phi) is 4.90. The highest BCUT2D eigenvalue weighted by atomic mass is 35.5. The van der Waals surface area contributed by atoms with E-state index >= 15 is 0 Å². The van der Waals surface area contributed by atoms with Crippen LogP contribution in [0.5, 0.6) is 0 Å². The fourth-order valence-corrected chi connectivity index (χ4v) is 1.63. The first-order valence-corrected chi connectivity index (χ1v) is 5.74. The number of anilines is 1. The van der Waals surface area contributed by atoms with Crippen molar-refractivity contribution in [3.63, 3.8) is 0 Å². The minimum atomic E-state index is -0.868. The number of carboxylic acids is 1. The minimum absolute atomic E-state index is 0.410. The SMILES string of the molecule is CCC[C@@H](Nc1ccc(Cl)c(Cl)c1)C(=O)O. The van der Waals surface area contributed by atoms with Crippen molar-refractivity contribution in [3.8, 4) is 0 Å². The van der Waals surface area contributed by atoms with Crippen molar-refractivity contribution in [2.75, 3.05) is 5.32 Å². The molecule has 0 aromatic heterocycles. The number of hydrogen-bond donors (Lipinski definition) is 2. The molecular formula is C11H13Cl2NO2. The summed E-state index contributed by atoms with van der Waals surface area (Å²) in [6, 6.07) is 4.37. The Balaban J connectivity index is 2.77. The molecule has 88 valence electrons. The number of aliphatic carboxylic acids is 1. The van der Waals surface area contributed by atoms with Crippen molar-refractivity contribution < 1.29 is 9.90 Å². The van der Waals surface area contributed by atoms with E-state index in [1.54, 1.807) is 18.2 Å². The number of carbonyl (C=O) groups is 1. The van der Waals surface area contributed by atoms with Gasteiger partial charge < -0.3 is 10.4 Å². The summed E-state index contributed by atoms with van der Waals surface area (Å²) in [5, 5.41) is 12.7. The highest BCUT2D eigenvalue weighted by molar-refractivity contribution is 6.42. The van der Waals surface area contributed by atoms with Crippen LogP contribution in [0.25, 0.3) is 0 Å². The Morgan fingerprint density at radius 1 is 1.44 bits per heavy atom. The van der Waals surface area contributed by atoms with Gasteiger partial charge in [-0.3, -0.25) is 0 Å². The molecule has 0 spiro atoms. The predicted octanol–water partition coefficient (Wildman–Crippen LogP) is 3.66. The molecule has 0 aliphatic carbocycles. The van der Waals surface area contributed by atoms with Gasteiger partial charge in [-0.2, -0.15) is 0 Å². The lowest BCUT2D eigenvalue weighted by molar-refractivity contribution is -0.138. The van der Waals surface area contributed by atoms with E-state index in [4.69, 9.17) is 28.3 Å². The molecule has 0 fully saturated rings. The summed E-state index contributed by atoms with van der Waals surface area (Å²) in [5.74, 6) is -0.868. The maximum atomic E-state index is 10.9. The van der Waals surface area contributed by atoms with Crippen LogP contribution in [0.15, 0.2) is 18.2 Å². The van der Waals surface area contributed by atoms with E-state index in [0.29, 0.717) is 22.2 Å². The number of carboxylic acid groups (broad SMARTS) is 1. The van der Waals surface area contributed by atoms with Gasteiger partial charge in [0.15, 0.2) is 0 Å². The molecule has 0 aliphatic rings. The highest BCUT2D eigenvalue weighted by Gasteiger charge is 2.15. The summed E-state index contributed by atoms with van der Waals surface area (Å²) >= 11 is 11.6. The van der Waals surface area contributed by atoms with Crippen molar-refractivity contribution in [1.82, 2.24) is 0 Å². The van der Waals surface area contributed by atoms with E-state index in [2.05, 4.69) is 5.32 Å². The van der Waals surface area contributed by atoms with E-state index < -0.39 is 12.0 Å². The summed E-state index contributed by atoms with van der Waals surface area (Å²) in [6.45, 7) is 1.94. The molecular weight excluding hydrogens is 249 g/mol. The number of halogens is 2. The molecule has 16 heavy (non-hydrogen) atoms. The molecule has 0 heterocycles. The van der Waals surface area contributed by atoms with Gasteiger partial charge in [-0.1, -0.05) is 36.5 Å². The summed E-state index contributed by atoms with van der Waals surface area (Å²) in [5.41, 5.74) is 0.662. The fraction of sp³-hybridized carbons (Fsp3) is 0.364. The van der Waals surface area contributed by atoms with Crippen molar-refractivity contribution in [1.29, 1.82) is 0 Å². The van der Waals surface area contributed by atoms with Gasteiger partial charge in [0.05, 0.1) is 10.0 Å². The molecule has 0 radical (unpaired) electrons. The Labute approximate surface area is 104 Å². The Bertz CT molecular complexity index is 382. The van der Waals surface area contributed by atoms with Crippen LogP contribution in [0.4, 0.5) is 5.69 Å². The van der Waals surface area contributed by atoms with Crippen LogP contribution in [0.2, 0.25) is 10.0 Å². The molecule has 0 unspecified atom stereocenters. The molecule has 1 rings (SSSR count). The minimum Gasteiger partial charge on any atom is -0.480 e. The first kappa shape index (κ1) is 13.1. The largest absolute Gasteiger partial charge is 0.480 e. The van der Waals surface area contributed by atoms with Crippen LogP contribution >= 0.6 is 23.2 Å². The van der Waals surface area contributed by atoms with Crippen LogP contribution in [0.3, 0.4) is 0 Å². The van der Waals surface area contributed by atoms with E-state index in [-0.39, 0.29) is 0 Å². The summed E-state index contributed by atoms with van der Waals surface area (Å²) < 4.78 is 0. The van der Waals surface area contributed by atoms with Crippen molar-refractivity contribution in [2.24, 2.45) is 0 Å². The van der Waals surface area contributed by atoms with Gasteiger partial charge in [-0.25, -0.2) is 4.79 Å². The summed E-state index contributed by atoms with van der Waals surface area (Å²) in [4.78, 5) is 10.9. The zero-order chi connectivity index (χ0) is 12.1. The van der Waals surface area contributed by atoms with Gasteiger partial charge in [0.1, 0.15) is 6.04 Å². The molecule has 1 aromatic rings. The number of nitrogens with one attached hydrogen (secondary N) is 1. The third-order valence-electron chi connectivity index (χ3n) is 2.14. The maximum Gasteiger partial charge on any atom is 0.326 e. The molecule has 0 aliphatic heterocycles. The van der Waals surface area contributed by atoms with Gasteiger partial charge in [0.25, 0.3) is 0 Å². The smallest absolute Gasteiger partial charge is 0.326 e. The van der Waals surface area contributed by atoms with Crippen molar-refractivity contribution in [3.05, 3.63) is 28.2 Å². The standard InChI is InChI=1S/C11H13Cl2NO2/c1-2-3-10(11(15)16)14-7-4-5-8(12)9(13)6-7/h4-6,10,14H,2-3H2,1H3,(H,15,16)/t10-/m1/s1. The molecule has 3 nitrogen and oxygen atoms in total. The van der Waals surface area contributed by atoms with Gasteiger partial charge in [0.2, 0.25) is 0 Å². The third kappa shape index (κ3) is 3.58. The lowest BCUT2D eigenvalue weighted by atomic mass is 10.1. The lowest BCUT2D eigenvalue weighted by Gasteiger charge is -2.15. The Morgan fingerprint density at radius 2 is 2.12 bits per heavy atom. The van der Waals surface area contributed by atoms with Crippen molar-refractivity contribution in [2.45, 2.75) is 25.8 Å². The van der Waals surface area contributed by atoms with Gasteiger partial charge in [-0.15, -0.1) is 0 Å². The second-order valence-electron chi connectivity index (χ2n) is 3.45. The normalized spacial score (nSPS) is 12.2. The molecule has 1 aromatic carbocycles. The molecule has 0 saturated carbocycles. The Morgan fingerprint density at radius 3 is 2.62 bits per heavy atom. The molecule has 0 amide bonds. The fourth-order valence-electron chi connectivity index (χ4n) is 1.33. The van der Waals surface area contributed by atoms with Crippen LogP contribution in [0, 0.1) is 0 Å². The molecule has 0 saturated heterocycles. The average Bonchev–Trinajstić information content (AvgIpc) is 2.22. The number of rotatable bonds is 5.